The van der Waals surface area contributed by atoms with Crippen molar-refractivity contribution in [2.24, 2.45) is 0 Å². The molecule has 0 unspecified atom stereocenters. The second-order valence-electron chi connectivity index (χ2n) is 6.94. The van der Waals surface area contributed by atoms with E-state index in [1.54, 1.807) is 12.1 Å². The average Bonchev–Trinajstić information content (AvgIpc) is 2.70. The Balaban J connectivity index is 1.82. The van der Waals surface area contributed by atoms with Gasteiger partial charge in [-0.2, -0.15) is 0 Å². The topological polar surface area (TPSA) is 80.8 Å². The molecule has 0 spiro atoms. The molecule has 0 saturated heterocycles. The molecular formula is C21H23NO5S. The second kappa shape index (κ2) is 8.14. The number of benzene rings is 2. The maximum atomic E-state index is 13.0. The van der Waals surface area contributed by atoms with Crippen LogP contribution in [0, 0.1) is 6.92 Å². The maximum absolute atomic E-state index is 13.0. The molecular weight excluding hydrogens is 378 g/mol. The van der Waals surface area contributed by atoms with Crippen LogP contribution in [0.25, 0.3) is 0 Å². The summed E-state index contributed by atoms with van der Waals surface area (Å²) in [5, 5.41) is 0. The molecule has 0 heterocycles. The first-order chi connectivity index (χ1) is 13.3. The summed E-state index contributed by atoms with van der Waals surface area (Å²) in [7, 11) is -2.38. The van der Waals surface area contributed by atoms with Crippen molar-refractivity contribution in [2.75, 3.05) is 11.4 Å². The molecule has 1 aliphatic carbocycles. The molecule has 2 aromatic carbocycles. The highest BCUT2D eigenvalue weighted by Crippen LogP contribution is 2.24. The Kier molecular flexibility index (Phi) is 5.84. The van der Waals surface area contributed by atoms with Crippen LogP contribution >= 0.6 is 0 Å². The van der Waals surface area contributed by atoms with Crippen molar-refractivity contribution in [1.29, 1.82) is 0 Å². The standard InChI is InChI=1S/C21H23NO5S/c1-15-10-12-17(13-11-15)22(2)28(25,26)18-7-5-6-16(14-18)21(24)27-20-9-4-3-8-19(20)23/h5-7,10-14,20H,3-4,8-9H2,1-2H3/t20-/m1/s1. The molecule has 2 aromatic rings. The monoisotopic (exact) mass is 401 g/mol. The van der Waals surface area contributed by atoms with Gasteiger partial charge in [-0.25, -0.2) is 13.2 Å². The number of ether oxygens (including phenoxy) is 1. The van der Waals surface area contributed by atoms with Crippen molar-refractivity contribution in [3.63, 3.8) is 0 Å². The van der Waals surface area contributed by atoms with Gasteiger partial charge in [0.05, 0.1) is 16.1 Å². The number of esters is 1. The van der Waals surface area contributed by atoms with Crippen LogP contribution in [0.2, 0.25) is 0 Å². The Bertz CT molecular complexity index is 982. The van der Waals surface area contributed by atoms with E-state index in [-0.39, 0.29) is 16.2 Å². The van der Waals surface area contributed by atoms with Crippen LogP contribution in [-0.2, 0) is 19.6 Å². The normalized spacial score (nSPS) is 17.2. The van der Waals surface area contributed by atoms with Gasteiger partial charge in [-0.1, -0.05) is 23.8 Å². The molecule has 3 rings (SSSR count). The van der Waals surface area contributed by atoms with Crippen LogP contribution in [0.15, 0.2) is 53.4 Å². The number of rotatable bonds is 5. The summed E-state index contributed by atoms with van der Waals surface area (Å²) in [4.78, 5) is 24.3. The highest BCUT2D eigenvalue weighted by atomic mass is 32.2. The number of sulfonamides is 1. The van der Waals surface area contributed by atoms with Gasteiger partial charge in [-0.05, 0) is 56.5 Å². The Morgan fingerprint density at radius 3 is 2.50 bits per heavy atom. The van der Waals surface area contributed by atoms with Crippen molar-refractivity contribution in [2.45, 2.75) is 43.6 Å². The third-order valence-corrected chi connectivity index (χ3v) is 6.66. The molecule has 0 aromatic heterocycles. The lowest BCUT2D eigenvalue weighted by Crippen LogP contribution is -2.30. The molecule has 148 valence electrons. The summed E-state index contributed by atoms with van der Waals surface area (Å²) < 4.78 is 32.4. The zero-order valence-corrected chi connectivity index (χ0v) is 16.7. The predicted octanol–water partition coefficient (Wildman–Crippen LogP) is 3.49. The number of aryl methyl sites for hydroxylation is 1. The second-order valence-corrected chi connectivity index (χ2v) is 8.91. The molecule has 0 N–H and O–H groups in total. The van der Waals surface area contributed by atoms with Crippen LogP contribution < -0.4 is 4.31 Å². The summed E-state index contributed by atoms with van der Waals surface area (Å²) in [6.45, 7) is 1.92. The molecule has 28 heavy (non-hydrogen) atoms. The summed E-state index contributed by atoms with van der Waals surface area (Å²) in [6.07, 6.45) is 1.83. The molecule has 1 atom stereocenters. The molecule has 1 saturated carbocycles. The number of hydrogen-bond acceptors (Lipinski definition) is 5. The summed E-state index contributed by atoms with van der Waals surface area (Å²) in [5.41, 5.74) is 1.65. The van der Waals surface area contributed by atoms with E-state index in [2.05, 4.69) is 0 Å². The van der Waals surface area contributed by atoms with Crippen LogP contribution in [0.1, 0.15) is 41.6 Å². The average molecular weight is 401 g/mol. The van der Waals surface area contributed by atoms with Crippen LogP contribution in [0.5, 0.6) is 0 Å². The van der Waals surface area contributed by atoms with Gasteiger partial charge >= 0.3 is 5.97 Å². The van der Waals surface area contributed by atoms with E-state index >= 15 is 0 Å². The molecule has 0 aliphatic heterocycles. The molecule has 0 amide bonds. The van der Waals surface area contributed by atoms with Gasteiger partial charge in [0.1, 0.15) is 0 Å². The van der Waals surface area contributed by atoms with Crippen LogP contribution in [0.3, 0.4) is 0 Å². The number of carbonyl (C=O) groups is 2. The number of carbonyl (C=O) groups excluding carboxylic acids is 2. The highest BCUT2D eigenvalue weighted by molar-refractivity contribution is 7.92. The third-order valence-electron chi connectivity index (χ3n) is 4.87. The molecule has 0 radical (unpaired) electrons. The lowest BCUT2D eigenvalue weighted by atomic mass is 9.96. The zero-order chi connectivity index (χ0) is 20.3. The molecule has 0 bridgehead atoms. The smallest absolute Gasteiger partial charge is 0.338 e. The minimum absolute atomic E-state index is 0.0139. The fourth-order valence-electron chi connectivity index (χ4n) is 3.11. The van der Waals surface area contributed by atoms with Gasteiger partial charge in [-0.3, -0.25) is 9.10 Å². The Labute approximate surface area is 165 Å². The SMILES string of the molecule is Cc1ccc(N(C)S(=O)(=O)c2cccc(C(=O)O[C@@H]3CCCCC3=O)c2)cc1. The first kappa shape index (κ1) is 20.1. The summed E-state index contributed by atoms with van der Waals surface area (Å²) in [5.74, 6) is -0.766. The maximum Gasteiger partial charge on any atom is 0.338 e. The lowest BCUT2D eigenvalue weighted by molar-refractivity contribution is -0.129. The van der Waals surface area contributed by atoms with Gasteiger partial charge in [0.15, 0.2) is 11.9 Å². The van der Waals surface area contributed by atoms with E-state index in [1.165, 1.54) is 35.6 Å². The number of anilines is 1. The van der Waals surface area contributed by atoms with E-state index in [4.69, 9.17) is 4.74 Å². The van der Waals surface area contributed by atoms with Gasteiger partial charge in [0.2, 0.25) is 0 Å². The first-order valence-corrected chi connectivity index (χ1v) is 10.6. The van der Waals surface area contributed by atoms with Gasteiger partial charge in [0.25, 0.3) is 10.0 Å². The Morgan fingerprint density at radius 1 is 1.11 bits per heavy atom. The van der Waals surface area contributed by atoms with Crippen molar-refractivity contribution in [3.05, 3.63) is 59.7 Å². The molecule has 6 nitrogen and oxygen atoms in total. The largest absolute Gasteiger partial charge is 0.451 e. The van der Waals surface area contributed by atoms with Gasteiger partial charge in [0, 0.05) is 13.5 Å². The van der Waals surface area contributed by atoms with E-state index in [0.717, 1.165) is 18.4 Å². The zero-order valence-electron chi connectivity index (χ0n) is 15.9. The summed E-state index contributed by atoms with van der Waals surface area (Å²) >= 11 is 0. The van der Waals surface area contributed by atoms with E-state index < -0.39 is 22.1 Å². The van der Waals surface area contributed by atoms with Crippen LogP contribution in [0.4, 0.5) is 5.69 Å². The lowest BCUT2D eigenvalue weighted by Gasteiger charge is -2.21. The Morgan fingerprint density at radius 2 is 1.82 bits per heavy atom. The highest BCUT2D eigenvalue weighted by Gasteiger charge is 2.27. The van der Waals surface area contributed by atoms with E-state index in [0.29, 0.717) is 18.5 Å². The van der Waals surface area contributed by atoms with Gasteiger partial charge in [-0.15, -0.1) is 0 Å². The number of hydrogen-bond donors (Lipinski definition) is 0. The molecule has 1 fully saturated rings. The van der Waals surface area contributed by atoms with Crippen molar-refractivity contribution in [3.8, 4) is 0 Å². The van der Waals surface area contributed by atoms with Crippen molar-refractivity contribution >= 4 is 27.5 Å². The first-order valence-electron chi connectivity index (χ1n) is 9.18. The van der Waals surface area contributed by atoms with Crippen molar-refractivity contribution < 1.29 is 22.7 Å². The molecule has 7 heteroatoms. The fourth-order valence-corrected chi connectivity index (χ4v) is 4.35. The predicted molar refractivity (Wildman–Crippen MR) is 106 cm³/mol. The van der Waals surface area contributed by atoms with Gasteiger partial charge < -0.3 is 4.74 Å². The van der Waals surface area contributed by atoms with Crippen molar-refractivity contribution in [1.82, 2.24) is 0 Å². The van der Waals surface area contributed by atoms with E-state index in [1.807, 2.05) is 19.1 Å². The van der Waals surface area contributed by atoms with E-state index in [9.17, 15) is 18.0 Å². The fraction of sp³-hybridized carbons (Fsp3) is 0.333. The summed E-state index contributed by atoms with van der Waals surface area (Å²) in [6, 6.07) is 12.8. The Hall–Kier alpha value is -2.67. The number of nitrogens with zero attached hydrogens (tertiary/aromatic N) is 1. The molecule has 1 aliphatic rings. The number of ketones is 1. The quantitative estimate of drug-likeness (QED) is 0.717. The number of Topliss-reactive ketones (excluding diaryl/α,β-unsaturated/α-hetero) is 1. The third kappa shape index (κ3) is 4.25. The van der Waals surface area contributed by atoms with Crippen LogP contribution in [-0.4, -0.2) is 33.3 Å². The minimum atomic E-state index is -3.85. The minimum Gasteiger partial charge on any atom is -0.451 e.